The molecule has 0 spiro atoms. The van der Waals surface area contributed by atoms with Crippen LogP contribution in [0.3, 0.4) is 0 Å². The highest BCUT2D eigenvalue weighted by Crippen LogP contribution is 2.28. The number of sulfonamides is 1. The lowest BCUT2D eigenvalue weighted by atomic mass is 10.2. The summed E-state index contributed by atoms with van der Waals surface area (Å²) in [5, 5.41) is 0. The predicted molar refractivity (Wildman–Crippen MR) is 85.2 cm³/mol. The Hall–Kier alpha value is 0.0500. The minimum Gasteiger partial charge on any atom is -0.377 e. The normalized spacial score (nSPS) is 19.7. The van der Waals surface area contributed by atoms with Gasteiger partial charge in [-0.25, -0.2) is 8.42 Å². The third-order valence-corrected chi connectivity index (χ3v) is 6.71. The van der Waals surface area contributed by atoms with Crippen molar-refractivity contribution in [3.63, 3.8) is 0 Å². The molecule has 1 atom stereocenters. The largest absolute Gasteiger partial charge is 0.377 e. The zero-order valence-corrected chi connectivity index (χ0v) is 15.2. The molecule has 0 bridgehead atoms. The fourth-order valence-corrected chi connectivity index (χ4v) is 5.42. The van der Waals surface area contributed by atoms with E-state index >= 15 is 0 Å². The van der Waals surface area contributed by atoms with Gasteiger partial charge in [0.25, 0.3) is 0 Å². The van der Waals surface area contributed by atoms with Gasteiger partial charge in [0.05, 0.1) is 11.0 Å². The van der Waals surface area contributed by atoms with Crippen molar-refractivity contribution in [2.24, 2.45) is 0 Å². The van der Waals surface area contributed by atoms with Gasteiger partial charge in [0.2, 0.25) is 10.0 Å². The number of benzene rings is 1. The third-order valence-electron chi connectivity index (χ3n) is 3.30. The van der Waals surface area contributed by atoms with Crippen molar-refractivity contribution in [1.82, 2.24) is 4.31 Å². The zero-order valence-electron chi connectivity index (χ0n) is 11.2. The summed E-state index contributed by atoms with van der Waals surface area (Å²) in [6, 6.07) is 5.09. The summed E-state index contributed by atoms with van der Waals surface area (Å²) in [7, 11) is -3.50. The Labute approximate surface area is 136 Å². The second-order valence-corrected chi connectivity index (χ2v) is 8.34. The van der Waals surface area contributed by atoms with Gasteiger partial charge >= 0.3 is 0 Å². The van der Waals surface area contributed by atoms with E-state index in [0.29, 0.717) is 22.5 Å². The molecule has 0 aromatic heterocycles. The molecular formula is C13H17Br2NO3S. The van der Waals surface area contributed by atoms with Gasteiger partial charge < -0.3 is 4.74 Å². The highest BCUT2D eigenvalue weighted by molar-refractivity contribution is 9.11. The Morgan fingerprint density at radius 2 is 2.15 bits per heavy atom. The van der Waals surface area contributed by atoms with Gasteiger partial charge in [0, 0.05) is 28.6 Å². The fourth-order valence-electron chi connectivity index (χ4n) is 2.24. The number of halogens is 2. The van der Waals surface area contributed by atoms with Crippen molar-refractivity contribution in [2.45, 2.75) is 30.8 Å². The van der Waals surface area contributed by atoms with Crippen molar-refractivity contribution in [2.75, 3.05) is 19.7 Å². The minimum absolute atomic E-state index is 0.0129. The lowest BCUT2D eigenvalue weighted by molar-refractivity contribution is 0.0946. The van der Waals surface area contributed by atoms with Crippen LogP contribution in [0.4, 0.5) is 0 Å². The van der Waals surface area contributed by atoms with Crippen molar-refractivity contribution in [3.05, 3.63) is 27.1 Å². The van der Waals surface area contributed by atoms with Crippen molar-refractivity contribution < 1.29 is 13.2 Å². The first-order chi connectivity index (χ1) is 9.45. The molecule has 0 saturated carbocycles. The molecule has 0 radical (unpaired) electrons. The van der Waals surface area contributed by atoms with Crippen molar-refractivity contribution in [3.8, 4) is 0 Å². The van der Waals surface area contributed by atoms with E-state index in [-0.39, 0.29) is 6.10 Å². The average molecular weight is 427 g/mol. The maximum atomic E-state index is 12.7. The highest BCUT2D eigenvalue weighted by Gasteiger charge is 2.29. The maximum Gasteiger partial charge on any atom is 0.244 e. The predicted octanol–water partition coefficient (Wildman–Crippen LogP) is 3.40. The van der Waals surface area contributed by atoms with Crippen LogP contribution in [0.5, 0.6) is 0 Å². The van der Waals surface area contributed by atoms with Crippen LogP contribution in [-0.4, -0.2) is 38.5 Å². The summed E-state index contributed by atoms with van der Waals surface area (Å²) in [6.45, 7) is 3.43. The molecule has 7 heteroatoms. The molecule has 0 N–H and O–H groups in total. The van der Waals surface area contributed by atoms with E-state index in [2.05, 4.69) is 31.9 Å². The third kappa shape index (κ3) is 3.62. The monoisotopic (exact) mass is 425 g/mol. The summed E-state index contributed by atoms with van der Waals surface area (Å²) in [6.07, 6.45) is 1.94. The number of rotatable bonds is 5. The summed E-state index contributed by atoms with van der Waals surface area (Å²) < 4.78 is 33.8. The second-order valence-electron chi connectivity index (χ2n) is 4.67. The number of hydrogen-bond acceptors (Lipinski definition) is 3. The van der Waals surface area contributed by atoms with E-state index in [0.717, 1.165) is 23.9 Å². The standard InChI is InChI=1S/C13H17Br2NO3S/c1-2-16(9-11-4-3-7-19-11)20(17,18)13-6-5-10(14)8-12(13)15/h5-6,8,11H,2-4,7,9H2,1H3. The summed E-state index contributed by atoms with van der Waals surface area (Å²) in [5.41, 5.74) is 0. The molecule has 112 valence electrons. The van der Waals surface area contributed by atoms with Crippen LogP contribution in [0.2, 0.25) is 0 Å². The van der Waals surface area contributed by atoms with Crippen LogP contribution in [0.1, 0.15) is 19.8 Å². The van der Waals surface area contributed by atoms with E-state index in [1.165, 1.54) is 4.31 Å². The van der Waals surface area contributed by atoms with Crippen LogP contribution in [0.25, 0.3) is 0 Å². The number of hydrogen-bond donors (Lipinski definition) is 0. The van der Waals surface area contributed by atoms with Gasteiger partial charge in [-0.1, -0.05) is 22.9 Å². The average Bonchev–Trinajstić information content (AvgIpc) is 2.88. The maximum absolute atomic E-state index is 12.7. The molecule has 0 amide bonds. The summed E-state index contributed by atoms with van der Waals surface area (Å²) in [5.74, 6) is 0. The van der Waals surface area contributed by atoms with E-state index in [9.17, 15) is 8.42 Å². The number of ether oxygens (including phenoxy) is 1. The van der Waals surface area contributed by atoms with E-state index < -0.39 is 10.0 Å². The second kappa shape index (κ2) is 6.87. The smallest absolute Gasteiger partial charge is 0.244 e. The molecule has 1 aliphatic rings. The molecule has 1 saturated heterocycles. The molecule has 20 heavy (non-hydrogen) atoms. The van der Waals surface area contributed by atoms with Gasteiger partial charge in [-0.15, -0.1) is 0 Å². The van der Waals surface area contributed by atoms with Gasteiger partial charge in [-0.05, 0) is 47.0 Å². The van der Waals surface area contributed by atoms with Crippen molar-refractivity contribution in [1.29, 1.82) is 0 Å². The lowest BCUT2D eigenvalue weighted by Gasteiger charge is -2.24. The van der Waals surface area contributed by atoms with Crippen LogP contribution in [0, 0.1) is 0 Å². The van der Waals surface area contributed by atoms with Crippen LogP contribution < -0.4 is 0 Å². The van der Waals surface area contributed by atoms with E-state index in [4.69, 9.17) is 4.74 Å². The first-order valence-corrected chi connectivity index (χ1v) is 9.54. The summed E-state index contributed by atoms with van der Waals surface area (Å²) >= 11 is 6.66. The Bertz CT molecular complexity index is 571. The molecule has 1 aliphatic heterocycles. The van der Waals surface area contributed by atoms with Crippen LogP contribution in [-0.2, 0) is 14.8 Å². The number of likely N-dealkylation sites (N-methyl/N-ethyl adjacent to an activating group) is 1. The zero-order chi connectivity index (χ0) is 14.8. The Morgan fingerprint density at radius 1 is 1.40 bits per heavy atom. The summed E-state index contributed by atoms with van der Waals surface area (Å²) in [4.78, 5) is 0.292. The van der Waals surface area contributed by atoms with E-state index in [1.807, 2.05) is 6.92 Å². The Kier molecular flexibility index (Phi) is 5.64. The molecule has 1 fully saturated rings. The fraction of sp³-hybridized carbons (Fsp3) is 0.538. The van der Waals surface area contributed by atoms with Gasteiger partial charge in [0.15, 0.2) is 0 Å². The molecular weight excluding hydrogens is 410 g/mol. The molecule has 2 rings (SSSR count). The van der Waals surface area contributed by atoms with Gasteiger partial charge in [-0.2, -0.15) is 4.31 Å². The first kappa shape index (κ1) is 16.4. The van der Waals surface area contributed by atoms with Gasteiger partial charge in [0.1, 0.15) is 0 Å². The molecule has 1 unspecified atom stereocenters. The minimum atomic E-state index is -3.50. The Morgan fingerprint density at radius 3 is 2.70 bits per heavy atom. The lowest BCUT2D eigenvalue weighted by Crippen LogP contribution is -2.37. The Balaban J connectivity index is 2.26. The van der Waals surface area contributed by atoms with Crippen LogP contribution >= 0.6 is 31.9 Å². The van der Waals surface area contributed by atoms with E-state index in [1.54, 1.807) is 18.2 Å². The SMILES string of the molecule is CCN(CC1CCCO1)S(=O)(=O)c1ccc(Br)cc1Br. The van der Waals surface area contributed by atoms with Crippen molar-refractivity contribution >= 4 is 41.9 Å². The van der Waals surface area contributed by atoms with Gasteiger partial charge in [-0.3, -0.25) is 0 Å². The highest BCUT2D eigenvalue weighted by atomic mass is 79.9. The molecule has 1 aromatic rings. The van der Waals surface area contributed by atoms with Crippen LogP contribution in [0.15, 0.2) is 32.0 Å². The first-order valence-electron chi connectivity index (χ1n) is 6.52. The molecule has 0 aliphatic carbocycles. The molecule has 4 nitrogen and oxygen atoms in total. The quantitative estimate of drug-likeness (QED) is 0.724. The molecule has 1 aromatic carbocycles. The molecule has 1 heterocycles. The number of nitrogens with zero attached hydrogens (tertiary/aromatic N) is 1. The topological polar surface area (TPSA) is 46.6 Å².